The van der Waals surface area contributed by atoms with Crippen LogP contribution in [0, 0.1) is 13.8 Å². The minimum absolute atomic E-state index is 0.184. The smallest absolute Gasteiger partial charge is 0.258 e. The second-order valence-electron chi connectivity index (χ2n) is 8.52. The zero-order chi connectivity index (χ0) is 24.4. The molecule has 2 amide bonds. The summed E-state index contributed by atoms with van der Waals surface area (Å²) >= 11 is 0. The summed E-state index contributed by atoms with van der Waals surface area (Å²) in [6, 6.07) is 14.3. The number of para-hydroxylation sites is 1. The SMILES string of the molecule is CCN(CC)Cc1cc(NC(=O)/C(=C2/C(=O)Nc3ccccc32)c2[nH]c(C)cc2C)ccc1O. The Bertz CT molecular complexity index is 1280. The van der Waals surface area contributed by atoms with Crippen LogP contribution in [0.15, 0.2) is 48.5 Å². The average Bonchev–Trinajstić information content (AvgIpc) is 3.32. The second kappa shape index (κ2) is 9.57. The summed E-state index contributed by atoms with van der Waals surface area (Å²) in [5.74, 6) is -0.527. The van der Waals surface area contributed by atoms with Gasteiger partial charge in [0.15, 0.2) is 0 Å². The van der Waals surface area contributed by atoms with Crippen LogP contribution in [0.2, 0.25) is 0 Å². The number of carbonyl (C=O) groups is 2. The molecule has 7 nitrogen and oxygen atoms in total. The van der Waals surface area contributed by atoms with E-state index in [1.54, 1.807) is 18.2 Å². The first kappa shape index (κ1) is 23.3. The van der Waals surface area contributed by atoms with Crippen LogP contribution in [0.1, 0.15) is 41.9 Å². The molecular formula is C27H30N4O3. The van der Waals surface area contributed by atoms with Crippen LogP contribution in [0.3, 0.4) is 0 Å². The third-order valence-electron chi connectivity index (χ3n) is 6.17. The number of hydrogen-bond acceptors (Lipinski definition) is 4. The van der Waals surface area contributed by atoms with E-state index in [-0.39, 0.29) is 17.2 Å². The van der Waals surface area contributed by atoms with Crippen LogP contribution in [0.4, 0.5) is 11.4 Å². The Kier molecular flexibility index (Phi) is 6.56. The highest BCUT2D eigenvalue weighted by molar-refractivity contribution is 6.46. The molecule has 0 spiro atoms. The fourth-order valence-electron chi connectivity index (χ4n) is 4.38. The molecule has 2 heterocycles. The molecule has 0 atom stereocenters. The molecule has 7 heteroatoms. The lowest BCUT2D eigenvalue weighted by atomic mass is 9.96. The highest BCUT2D eigenvalue weighted by Gasteiger charge is 2.32. The van der Waals surface area contributed by atoms with Crippen LogP contribution in [0.25, 0.3) is 11.1 Å². The van der Waals surface area contributed by atoms with Crippen molar-refractivity contribution in [3.05, 3.63) is 76.6 Å². The molecule has 1 aliphatic heterocycles. The summed E-state index contributed by atoms with van der Waals surface area (Å²) in [6.45, 7) is 10.2. The first-order valence-corrected chi connectivity index (χ1v) is 11.5. The maximum Gasteiger partial charge on any atom is 0.258 e. The highest BCUT2D eigenvalue weighted by Crippen LogP contribution is 2.38. The molecule has 176 valence electrons. The number of phenolic OH excluding ortho intramolecular Hbond substituents is 1. The number of carbonyl (C=O) groups excluding carboxylic acids is 2. The van der Waals surface area contributed by atoms with Gasteiger partial charge in [0.05, 0.1) is 16.8 Å². The Balaban J connectivity index is 1.77. The van der Waals surface area contributed by atoms with Crippen molar-refractivity contribution >= 4 is 34.3 Å². The monoisotopic (exact) mass is 458 g/mol. The van der Waals surface area contributed by atoms with E-state index in [4.69, 9.17) is 0 Å². The van der Waals surface area contributed by atoms with E-state index in [1.165, 1.54) is 0 Å². The largest absolute Gasteiger partial charge is 0.508 e. The van der Waals surface area contributed by atoms with Gasteiger partial charge in [-0.2, -0.15) is 0 Å². The van der Waals surface area contributed by atoms with Gasteiger partial charge in [0, 0.05) is 34.7 Å². The molecule has 1 aliphatic rings. The van der Waals surface area contributed by atoms with Crippen molar-refractivity contribution in [1.82, 2.24) is 9.88 Å². The third kappa shape index (κ3) is 4.47. The lowest BCUT2D eigenvalue weighted by Gasteiger charge is -2.19. The molecule has 4 rings (SSSR count). The molecule has 0 fully saturated rings. The van der Waals surface area contributed by atoms with Gasteiger partial charge in [-0.15, -0.1) is 0 Å². The molecule has 2 aromatic carbocycles. The van der Waals surface area contributed by atoms with Crippen LogP contribution < -0.4 is 10.6 Å². The number of benzene rings is 2. The maximum absolute atomic E-state index is 13.7. The number of H-pyrrole nitrogens is 1. The number of amides is 2. The highest BCUT2D eigenvalue weighted by atomic mass is 16.3. The number of rotatable bonds is 7. The van der Waals surface area contributed by atoms with Crippen molar-refractivity contribution in [2.24, 2.45) is 0 Å². The van der Waals surface area contributed by atoms with Crippen molar-refractivity contribution in [2.45, 2.75) is 34.2 Å². The van der Waals surface area contributed by atoms with E-state index in [9.17, 15) is 14.7 Å². The first-order valence-electron chi connectivity index (χ1n) is 11.5. The number of nitrogens with one attached hydrogen (secondary N) is 3. The molecule has 0 radical (unpaired) electrons. The summed E-state index contributed by atoms with van der Waals surface area (Å²) in [4.78, 5) is 32.1. The van der Waals surface area contributed by atoms with E-state index in [2.05, 4.69) is 34.4 Å². The summed E-state index contributed by atoms with van der Waals surface area (Å²) in [5.41, 5.74) is 5.65. The summed E-state index contributed by atoms with van der Waals surface area (Å²) in [6.07, 6.45) is 0. The van der Waals surface area contributed by atoms with E-state index >= 15 is 0 Å². The van der Waals surface area contributed by atoms with Crippen molar-refractivity contribution in [2.75, 3.05) is 23.7 Å². The number of aryl methyl sites for hydroxylation is 2. The lowest BCUT2D eigenvalue weighted by molar-refractivity contribution is -0.112. The predicted octanol–water partition coefficient (Wildman–Crippen LogP) is 4.68. The van der Waals surface area contributed by atoms with Crippen molar-refractivity contribution < 1.29 is 14.7 Å². The van der Waals surface area contributed by atoms with Gasteiger partial charge >= 0.3 is 0 Å². The number of nitrogens with zero attached hydrogens (tertiary/aromatic N) is 1. The topological polar surface area (TPSA) is 97.5 Å². The van der Waals surface area contributed by atoms with Gasteiger partial charge in [-0.25, -0.2) is 0 Å². The Hall–Kier alpha value is -3.84. The summed E-state index contributed by atoms with van der Waals surface area (Å²) in [7, 11) is 0. The van der Waals surface area contributed by atoms with Gasteiger partial charge < -0.3 is 20.7 Å². The Labute approximate surface area is 199 Å². The van der Waals surface area contributed by atoms with E-state index < -0.39 is 5.91 Å². The van der Waals surface area contributed by atoms with Crippen LogP contribution in [0.5, 0.6) is 5.75 Å². The van der Waals surface area contributed by atoms with Crippen molar-refractivity contribution in [3.8, 4) is 5.75 Å². The number of fused-ring (bicyclic) bond motifs is 1. The van der Waals surface area contributed by atoms with Gasteiger partial charge in [0.1, 0.15) is 5.75 Å². The fourth-order valence-corrected chi connectivity index (χ4v) is 4.38. The molecule has 4 N–H and O–H groups in total. The van der Waals surface area contributed by atoms with Crippen LogP contribution >= 0.6 is 0 Å². The van der Waals surface area contributed by atoms with E-state index in [1.807, 2.05) is 44.2 Å². The molecule has 34 heavy (non-hydrogen) atoms. The molecule has 0 aliphatic carbocycles. The Morgan fingerprint density at radius 2 is 1.79 bits per heavy atom. The molecule has 0 unspecified atom stereocenters. The number of phenols is 1. The van der Waals surface area contributed by atoms with Gasteiger partial charge in [0.2, 0.25) is 0 Å². The van der Waals surface area contributed by atoms with E-state index in [0.717, 1.165) is 29.9 Å². The molecule has 1 aromatic heterocycles. The number of anilines is 2. The first-order chi connectivity index (χ1) is 16.3. The lowest BCUT2D eigenvalue weighted by Crippen LogP contribution is -2.22. The molecule has 0 saturated carbocycles. The molecule has 0 saturated heterocycles. The minimum atomic E-state index is -0.397. The third-order valence-corrected chi connectivity index (χ3v) is 6.17. The van der Waals surface area contributed by atoms with Crippen LogP contribution in [-0.2, 0) is 16.1 Å². The van der Waals surface area contributed by atoms with Gasteiger partial charge in [-0.05, 0) is 62.8 Å². The quantitative estimate of drug-likeness (QED) is 0.305. The number of hydrogen-bond donors (Lipinski definition) is 4. The van der Waals surface area contributed by atoms with Crippen molar-refractivity contribution in [3.63, 3.8) is 0 Å². The van der Waals surface area contributed by atoms with Gasteiger partial charge in [-0.3, -0.25) is 14.5 Å². The molecule has 3 aromatic rings. The summed E-state index contributed by atoms with van der Waals surface area (Å²) < 4.78 is 0. The molecular weight excluding hydrogens is 428 g/mol. The van der Waals surface area contributed by atoms with Gasteiger partial charge in [0.25, 0.3) is 11.8 Å². The van der Waals surface area contributed by atoms with E-state index in [0.29, 0.717) is 34.8 Å². The number of aromatic nitrogens is 1. The standard InChI is InChI=1S/C27H30N4O3/c1-5-31(6-2)15-18-14-19(11-12-22(18)32)29-27(34)24(25-16(3)13-17(4)28-25)23-20-9-7-8-10-21(20)30-26(23)33/h7-14,28,32H,5-6,15H2,1-4H3,(H,29,34)(H,30,33)/b24-23+. The number of aromatic hydroxyl groups is 1. The average molecular weight is 459 g/mol. The molecule has 0 bridgehead atoms. The second-order valence-corrected chi connectivity index (χ2v) is 8.52. The van der Waals surface area contributed by atoms with Crippen molar-refractivity contribution in [1.29, 1.82) is 0 Å². The zero-order valence-electron chi connectivity index (χ0n) is 20.0. The Morgan fingerprint density at radius 3 is 2.47 bits per heavy atom. The zero-order valence-corrected chi connectivity index (χ0v) is 20.0. The fraction of sp³-hybridized carbons (Fsp3) is 0.259. The predicted molar refractivity (Wildman–Crippen MR) is 136 cm³/mol. The minimum Gasteiger partial charge on any atom is -0.508 e. The Morgan fingerprint density at radius 1 is 1.06 bits per heavy atom. The van der Waals surface area contributed by atoms with Crippen LogP contribution in [-0.4, -0.2) is 39.9 Å². The number of aromatic amines is 1. The normalized spacial score (nSPS) is 14.2. The van der Waals surface area contributed by atoms with Gasteiger partial charge in [-0.1, -0.05) is 32.0 Å². The summed E-state index contributed by atoms with van der Waals surface area (Å²) in [5, 5.41) is 16.2. The maximum atomic E-state index is 13.7.